The van der Waals surface area contributed by atoms with Gasteiger partial charge in [0.25, 0.3) is 5.91 Å². The van der Waals surface area contributed by atoms with Crippen LogP contribution in [0.25, 0.3) is 0 Å². The van der Waals surface area contributed by atoms with Gasteiger partial charge in [0.1, 0.15) is 27.8 Å². The summed E-state index contributed by atoms with van der Waals surface area (Å²) in [5.41, 5.74) is 5.39. The first kappa shape index (κ1) is 25.3. The predicted octanol–water partition coefficient (Wildman–Crippen LogP) is 3.34. The maximum atomic E-state index is 13.5. The van der Waals surface area contributed by atoms with Crippen LogP contribution in [0.5, 0.6) is 5.75 Å². The highest BCUT2D eigenvalue weighted by Crippen LogP contribution is 2.55. The van der Waals surface area contributed by atoms with E-state index in [1.165, 1.54) is 12.1 Å². The van der Waals surface area contributed by atoms with Gasteiger partial charge >= 0.3 is 0 Å². The number of benzene rings is 2. The zero-order valence-corrected chi connectivity index (χ0v) is 21.8. The van der Waals surface area contributed by atoms with Gasteiger partial charge in [0.15, 0.2) is 11.6 Å². The molecule has 0 saturated heterocycles. The number of phenols is 1. The van der Waals surface area contributed by atoms with Crippen LogP contribution in [-0.4, -0.2) is 49.1 Å². The lowest BCUT2D eigenvalue weighted by Gasteiger charge is -2.48. The molecule has 2 aliphatic carbocycles. The van der Waals surface area contributed by atoms with E-state index in [0.29, 0.717) is 22.2 Å². The number of Topliss-reactive ketones (excluding diaryl/α,β-unsaturated/α-hetero) is 2. The SMILES string of the molecule is CC1C2[SH]c3c(Cl)ccc(O)c3C(=O)C2=C(O)C2C(=O)C(C(N)=O)=C(O)C(NC(=S)c3ccccc3)C21. The molecule has 0 fully saturated rings. The summed E-state index contributed by atoms with van der Waals surface area (Å²) in [6.45, 7) is 1.80. The number of aromatic hydroxyl groups is 1. The lowest BCUT2D eigenvalue weighted by molar-refractivity contribution is -0.127. The number of hydrogen-bond donors (Lipinski definition) is 6. The van der Waals surface area contributed by atoms with Crippen molar-refractivity contribution in [3.63, 3.8) is 0 Å². The Labute approximate surface area is 226 Å². The summed E-state index contributed by atoms with van der Waals surface area (Å²) >= 11 is 12.5. The van der Waals surface area contributed by atoms with Crippen molar-refractivity contribution < 1.29 is 29.7 Å². The highest BCUT2D eigenvalue weighted by molar-refractivity contribution is 8.00. The first-order valence-electron chi connectivity index (χ1n) is 11.4. The lowest BCUT2D eigenvalue weighted by Crippen LogP contribution is -2.57. The molecule has 5 atom stereocenters. The number of thiocarbonyl (C=S) groups is 1. The van der Waals surface area contributed by atoms with Gasteiger partial charge in [-0.3, -0.25) is 14.4 Å². The van der Waals surface area contributed by atoms with Gasteiger partial charge in [0.2, 0.25) is 0 Å². The van der Waals surface area contributed by atoms with Crippen molar-refractivity contribution in [1.29, 1.82) is 0 Å². The molecule has 6 N–H and O–H groups in total. The maximum Gasteiger partial charge on any atom is 0.255 e. The van der Waals surface area contributed by atoms with E-state index in [0.717, 1.165) is 0 Å². The molecule has 1 radical (unpaired) electrons. The molecule has 0 spiro atoms. The predicted molar refractivity (Wildman–Crippen MR) is 143 cm³/mol. The molecule has 2 aromatic carbocycles. The van der Waals surface area contributed by atoms with Crippen LogP contribution in [0.15, 0.2) is 70.0 Å². The zero-order valence-electron chi connectivity index (χ0n) is 19.3. The number of ketones is 2. The van der Waals surface area contributed by atoms with Crippen LogP contribution in [0.2, 0.25) is 5.02 Å². The molecule has 1 aliphatic heterocycles. The van der Waals surface area contributed by atoms with E-state index < -0.39 is 63.6 Å². The number of carbonyl (C=O) groups excluding carboxylic acids is 3. The number of aliphatic hydroxyl groups excluding tert-OH is 2. The van der Waals surface area contributed by atoms with Crippen molar-refractivity contribution in [2.45, 2.75) is 23.1 Å². The molecule has 2 aromatic rings. The third-order valence-corrected chi connectivity index (χ3v) is 9.77. The maximum absolute atomic E-state index is 13.5. The summed E-state index contributed by atoms with van der Waals surface area (Å²) in [6.07, 6.45) is 0. The van der Waals surface area contributed by atoms with Gasteiger partial charge in [-0.15, -0.1) is 0 Å². The Bertz CT molecular complexity index is 1450. The topological polar surface area (TPSA) is 150 Å². The number of nitrogens with two attached hydrogens (primary N) is 1. The largest absolute Gasteiger partial charge is 0.511 e. The molecule has 1 heterocycles. The van der Waals surface area contributed by atoms with Gasteiger partial charge in [0.05, 0.1) is 28.1 Å². The molecule has 0 saturated carbocycles. The number of amides is 1. The van der Waals surface area contributed by atoms with Gasteiger partial charge in [-0.25, -0.2) is 0 Å². The van der Waals surface area contributed by atoms with Crippen LogP contribution in [0.3, 0.4) is 0 Å². The molecular formula is C26H22ClN2O6S2. The van der Waals surface area contributed by atoms with Crippen molar-refractivity contribution in [1.82, 2.24) is 5.32 Å². The van der Waals surface area contributed by atoms with E-state index in [1.54, 1.807) is 31.2 Å². The van der Waals surface area contributed by atoms with Gasteiger partial charge in [-0.05, 0) is 18.1 Å². The van der Waals surface area contributed by atoms with Crippen molar-refractivity contribution in [3.8, 4) is 5.75 Å². The number of nitrogens with one attached hydrogen (secondary N) is 1. The third kappa shape index (κ3) is 3.82. The number of thiol groups is 1. The van der Waals surface area contributed by atoms with E-state index >= 15 is 0 Å². The molecule has 0 aromatic heterocycles. The number of primary amides is 1. The fourth-order valence-corrected chi connectivity index (χ4v) is 7.73. The Kier molecular flexibility index (Phi) is 6.29. The summed E-state index contributed by atoms with van der Waals surface area (Å²) in [5, 5.41) is 35.6. The fraction of sp³-hybridized carbons (Fsp3) is 0.231. The summed E-state index contributed by atoms with van der Waals surface area (Å²) < 4.78 is 0. The molecule has 5 unspecified atom stereocenters. The smallest absolute Gasteiger partial charge is 0.255 e. The first-order chi connectivity index (χ1) is 17.5. The summed E-state index contributed by atoms with van der Waals surface area (Å²) in [4.78, 5) is 39.9. The molecule has 8 nitrogen and oxygen atoms in total. The van der Waals surface area contributed by atoms with Crippen LogP contribution < -0.4 is 11.1 Å². The third-order valence-electron chi connectivity index (χ3n) is 7.24. The molecule has 191 valence electrons. The number of fused-ring (bicyclic) bond motifs is 3. The van der Waals surface area contributed by atoms with Gasteiger partial charge in [-0.1, -0.05) is 61.1 Å². The molecular weight excluding hydrogens is 536 g/mol. The minimum Gasteiger partial charge on any atom is -0.511 e. The molecule has 3 aliphatic rings. The summed E-state index contributed by atoms with van der Waals surface area (Å²) in [6, 6.07) is 10.6. The van der Waals surface area contributed by atoms with Gasteiger partial charge in [0, 0.05) is 21.6 Å². The number of halogens is 1. The van der Waals surface area contributed by atoms with Crippen LogP contribution in [0, 0.1) is 17.8 Å². The fourth-order valence-electron chi connectivity index (χ4n) is 5.53. The Hall–Kier alpha value is -3.34. The number of phenolic OH excluding ortho intramolecular Hbond substituents is 1. The van der Waals surface area contributed by atoms with E-state index in [9.17, 15) is 29.7 Å². The quantitative estimate of drug-likeness (QED) is 0.191. The van der Waals surface area contributed by atoms with E-state index in [-0.39, 0.29) is 26.9 Å². The summed E-state index contributed by atoms with van der Waals surface area (Å²) in [5.74, 6) is -6.64. The van der Waals surface area contributed by atoms with Crippen LogP contribution >= 0.6 is 35.6 Å². The lowest BCUT2D eigenvalue weighted by atomic mass is 9.62. The highest BCUT2D eigenvalue weighted by atomic mass is 35.5. The first-order valence-corrected chi connectivity index (χ1v) is 13.1. The van der Waals surface area contributed by atoms with Crippen molar-refractivity contribution in [2.75, 3.05) is 0 Å². The number of rotatable bonds is 3. The number of hydrogen-bond acceptors (Lipinski definition) is 7. The van der Waals surface area contributed by atoms with E-state index in [1.807, 2.05) is 6.07 Å². The molecule has 11 heteroatoms. The second-order valence-electron chi connectivity index (χ2n) is 9.21. The molecule has 37 heavy (non-hydrogen) atoms. The minimum absolute atomic E-state index is 0.0246. The Balaban J connectivity index is 1.67. The standard InChI is InChI=1S/C26H22ClN2O6S2/c1-9-13-15(20(32)16-19(31)14-12(30)8-7-11(27)24(14)37-23(9)16)21(33)17(25(28)35)22(34)18(13)29-26(36)10-5-3-2-4-6-10/h2-9,13,15,18,23,30,32,34,37H,1H3,(H2,28,35)(H,29,36). The summed E-state index contributed by atoms with van der Waals surface area (Å²) in [7, 11) is 0. The van der Waals surface area contributed by atoms with E-state index in [2.05, 4.69) is 5.32 Å². The second-order valence-corrected chi connectivity index (χ2v) is 11.3. The number of carbonyl (C=O) groups is 3. The minimum atomic E-state index is -1.34. The van der Waals surface area contributed by atoms with Gasteiger partial charge in [-0.2, -0.15) is 11.8 Å². The Morgan fingerprint density at radius 3 is 2.41 bits per heavy atom. The highest BCUT2D eigenvalue weighted by Gasteiger charge is 2.57. The monoisotopic (exact) mass is 557 g/mol. The average Bonchev–Trinajstić information content (AvgIpc) is 2.86. The molecule has 1 amide bonds. The van der Waals surface area contributed by atoms with Crippen LogP contribution in [0.1, 0.15) is 22.8 Å². The number of allylic oxidation sites excluding steroid dienone is 1. The normalized spacial score (nSPS) is 26.8. The second kappa shape index (κ2) is 9.20. The molecule has 5 rings (SSSR count). The van der Waals surface area contributed by atoms with E-state index in [4.69, 9.17) is 29.6 Å². The number of aliphatic hydroxyl groups is 2. The van der Waals surface area contributed by atoms with Crippen LogP contribution in [0.4, 0.5) is 0 Å². The van der Waals surface area contributed by atoms with Gasteiger partial charge < -0.3 is 26.4 Å². The Morgan fingerprint density at radius 2 is 1.76 bits per heavy atom. The van der Waals surface area contributed by atoms with Crippen molar-refractivity contribution in [3.05, 3.63) is 81.3 Å². The average molecular weight is 558 g/mol. The van der Waals surface area contributed by atoms with Crippen LogP contribution in [-0.2, 0) is 9.59 Å². The van der Waals surface area contributed by atoms with Crippen molar-refractivity contribution >= 4 is 58.0 Å². The van der Waals surface area contributed by atoms with Crippen molar-refractivity contribution in [2.24, 2.45) is 23.5 Å². The molecule has 0 bridgehead atoms. The zero-order chi connectivity index (χ0) is 26.8. The Morgan fingerprint density at radius 1 is 1.08 bits per heavy atom.